The van der Waals surface area contributed by atoms with Gasteiger partial charge in [0.15, 0.2) is 5.54 Å². The van der Waals surface area contributed by atoms with E-state index in [1.165, 1.54) is 25.3 Å². The van der Waals surface area contributed by atoms with Crippen LogP contribution >= 0.6 is 0 Å². The molecule has 4 heteroatoms. The molecule has 0 aliphatic carbocycles. The zero-order valence-electron chi connectivity index (χ0n) is 10.5. The SMILES string of the molecule is COC(=O)C(N)(c1ccccc1)c1cccc(F)c1. The van der Waals surface area contributed by atoms with Crippen molar-refractivity contribution in [3.8, 4) is 0 Å². The topological polar surface area (TPSA) is 52.3 Å². The number of esters is 1. The van der Waals surface area contributed by atoms with Crippen LogP contribution in [-0.4, -0.2) is 13.1 Å². The first kappa shape index (κ1) is 13.2. The second-order valence-electron chi connectivity index (χ2n) is 4.18. The molecule has 0 aliphatic rings. The van der Waals surface area contributed by atoms with Crippen molar-refractivity contribution in [1.82, 2.24) is 0 Å². The number of ether oxygens (including phenoxy) is 1. The number of carbonyl (C=O) groups is 1. The first-order chi connectivity index (χ1) is 9.09. The van der Waals surface area contributed by atoms with E-state index in [2.05, 4.69) is 0 Å². The number of hydrogen-bond donors (Lipinski definition) is 1. The molecule has 0 aromatic heterocycles. The number of methoxy groups -OCH3 is 1. The molecule has 0 heterocycles. The highest BCUT2D eigenvalue weighted by Crippen LogP contribution is 2.28. The van der Waals surface area contributed by atoms with Gasteiger partial charge in [-0.3, -0.25) is 0 Å². The van der Waals surface area contributed by atoms with Crippen molar-refractivity contribution >= 4 is 5.97 Å². The summed E-state index contributed by atoms with van der Waals surface area (Å²) in [6.07, 6.45) is 0. The second kappa shape index (κ2) is 5.20. The van der Waals surface area contributed by atoms with E-state index < -0.39 is 17.3 Å². The monoisotopic (exact) mass is 259 g/mol. The normalized spacial score (nSPS) is 13.6. The van der Waals surface area contributed by atoms with E-state index in [0.29, 0.717) is 11.1 Å². The molecule has 2 aromatic rings. The molecule has 2 aromatic carbocycles. The molecule has 1 unspecified atom stereocenters. The van der Waals surface area contributed by atoms with Gasteiger partial charge in [0.1, 0.15) is 5.82 Å². The van der Waals surface area contributed by atoms with Crippen LogP contribution in [0.4, 0.5) is 4.39 Å². The van der Waals surface area contributed by atoms with Crippen LogP contribution in [-0.2, 0) is 15.1 Å². The fourth-order valence-corrected chi connectivity index (χ4v) is 2.00. The van der Waals surface area contributed by atoms with Gasteiger partial charge in [0.05, 0.1) is 7.11 Å². The van der Waals surface area contributed by atoms with E-state index in [1.54, 1.807) is 30.3 Å². The van der Waals surface area contributed by atoms with Crippen LogP contribution in [0.25, 0.3) is 0 Å². The average molecular weight is 259 g/mol. The quantitative estimate of drug-likeness (QED) is 0.860. The molecule has 0 bridgehead atoms. The Bertz CT molecular complexity index is 586. The summed E-state index contributed by atoms with van der Waals surface area (Å²) in [5.74, 6) is -1.09. The molecule has 2 rings (SSSR count). The smallest absolute Gasteiger partial charge is 0.335 e. The van der Waals surface area contributed by atoms with Crippen LogP contribution < -0.4 is 5.73 Å². The standard InChI is InChI=1S/C15H14FNO2/c1-19-14(18)15(17,11-6-3-2-4-7-11)12-8-5-9-13(16)10-12/h2-10H,17H2,1H3. The highest BCUT2D eigenvalue weighted by atomic mass is 19.1. The summed E-state index contributed by atoms with van der Waals surface area (Å²) in [6.45, 7) is 0. The molecular formula is C15H14FNO2. The van der Waals surface area contributed by atoms with Crippen molar-refractivity contribution in [3.63, 3.8) is 0 Å². The largest absolute Gasteiger partial charge is 0.467 e. The van der Waals surface area contributed by atoms with Gasteiger partial charge in [-0.15, -0.1) is 0 Å². The summed E-state index contributed by atoms with van der Waals surface area (Å²) in [5, 5.41) is 0. The fraction of sp³-hybridized carbons (Fsp3) is 0.133. The van der Waals surface area contributed by atoms with Gasteiger partial charge in [-0.1, -0.05) is 42.5 Å². The summed E-state index contributed by atoms with van der Waals surface area (Å²) in [5.41, 5.74) is 5.61. The Morgan fingerprint density at radius 2 is 1.74 bits per heavy atom. The lowest BCUT2D eigenvalue weighted by molar-refractivity contribution is -0.145. The van der Waals surface area contributed by atoms with Gasteiger partial charge in [0.25, 0.3) is 0 Å². The first-order valence-electron chi connectivity index (χ1n) is 5.78. The van der Waals surface area contributed by atoms with E-state index in [4.69, 9.17) is 10.5 Å². The Morgan fingerprint density at radius 1 is 1.11 bits per heavy atom. The average Bonchev–Trinajstić information content (AvgIpc) is 2.46. The molecular weight excluding hydrogens is 245 g/mol. The summed E-state index contributed by atoms with van der Waals surface area (Å²) >= 11 is 0. The number of benzene rings is 2. The third-order valence-corrected chi connectivity index (χ3v) is 3.02. The molecule has 3 nitrogen and oxygen atoms in total. The van der Waals surface area contributed by atoms with Crippen LogP contribution in [0, 0.1) is 5.82 Å². The molecule has 0 aliphatic heterocycles. The van der Waals surface area contributed by atoms with Gasteiger partial charge in [0, 0.05) is 0 Å². The predicted octanol–water partition coefficient (Wildman–Crippen LogP) is 2.20. The zero-order chi connectivity index (χ0) is 13.9. The highest BCUT2D eigenvalue weighted by molar-refractivity contribution is 5.86. The van der Waals surface area contributed by atoms with E-state index in [-0.39, 0.29) is 0 Å². The first-order valence-corrected chi connectivity index (χ1v) is 5.78. The minimum absolute atomic E-state index is 0.352. The molecule has 0 amide bonds. The van der Waals surface area contributed by atoms with Gasteiger partial charge in [-0.2, -0.15) is 0 Å². The van der Waals surface area contributed by atoms with Crippen molar-refractivity contribution in [2.45, 2.75) is 5.54 Å². The maximum absolute atomic E-state index is 13.4. The van der Waals surface area contributed by atoms with Crippen molar-refractivity contribution < 1.29 is 13.9 Å². The van der Waals surface area contributed by atoms with Crippen molar-refractivity contribution in [2.24, 2.45) is 5.73 Å². The van der Waals surface area contributed by atoms with Crippen molar-refractivity contribution in [3.05, 3.63) is 71.5 Å². The summed E-state index contributed by atoms with van der Waals surface area (Å²) in [4.78, 5) is 12.1. The van der Waals surface area contributed by atoms with E-state index >= 15 is 0 Å². The molecule has 0 fully saturated rings. The third kappa shape index (κ3) is 2.35. The van der Waals surface area contributed by atoms with Crippen molar-refractivity contribution in [2.75, 3.05) is 7.11 Å². The Labute approximate surface area is 110 Å². The maximum atomic E-state index is 13.4. The van der Waals surface area contributed by atoms with Crippen molar-refractivity contribution in [1.29, 1.82) is 0 Å². The fourth-order valence-electron chi connectivity index (χ4n) is 2.00. The van der Waals surface area contributed by atoms with Crippen LogP contribution in [0.2, 0.25) is 0 Å². The van der Waals surface area contributed by atoms with Gasteiger partial charge < -0.3 is 10.5 Å². The molecule has 98 valence electrons. The van der Waals surface area contributed by atoms with Gasteiger partial charge in [-0.25, -0.2) is 9.18 Å². The molecule has 0 radical (unpaired) electrons. The van der Waals surface area contributed by atoms with E-state index in [1.807, 2.05) is 6.07 Å². The molecule has 2 N–H and O–H groups in total. The van der Waals surface area contributed by atoms with Crippen LogP contribution in [0.15, 0.2) is 54.6 Å². The van der Waals surface area contributed by atoms with Gasteiger partial charge in [-0.05, 0) is 23.3 Å². The van der Waals surface area contributed by atoms with Crippen LogP contribution in [0.5, 0.6) is 0 Å². The Hall–Kier alpha value is -2.20. The predicted molar refractivity (Wildman–Crippen MR) is 69.8 cm³/mol. The number of hydrogen-bond acceptors (Lipinski definition) is 3. The zero-order valence-corrected chi connectivity index (χ0v) is 10.5. The Morgan fingerprint density at radius 3 is 2.32 bits per heavy atom. The second-order valence-corrected chi connectivity index (χ2v) is 4.18. The number of carbonyl (C=O) groups excluding carboxylic acids is 1. The minimum atomic E-state index is -1.52. The lowest BCUT2D eigenvalue weighted by atomic mass is 9.84. The Kier molecular flexibility index (Phi) is 3.62. The maximum Gasteiger partial charge on any atom is 0.335 e. The number of nitrogens with two attached hydrogens (primary N) is 1. The molecule has 19 heavy (non-hydrogen) atoms. The van der Waals surface area contributed by atoms with Crippen LogP contribution in [0.3, 0.4) is 0 Å². The molecule has 0 saturated heterocycles. The number of halogens is 1. The molecule has 1 atom stereocenters. The van der Waals surface area contributed by atoms with E-state index in [9.17, 15) is 9.18 Å². The van der Waals surface area contributed by atoms with E-state index in [0.717, 1.165) is 0 Å². The summed E-state index contributed by atoms with van der Waals surface area (Å²) in [6, 6.07) is 14.4. The lowest BCUT2D eigenvalue weighted by Crippen LogP contribution is -2.46. The third-order valence-electron chi connectivity index (χ3n) is 3.02. The minimum Gasteiger partial charge on any atom is -0.467 e. The molecule has 0 spiro atoms. The van der Waals surface area contributed by atoms with Crippen LogP contribution in [0.1, 0.15) is 11.1 Å². The highest BCUT2D eigenvalue weighted by Gasteiger charge is 2.39. The Balaban J connectivity index is 2.62. The summed E-state index contributed by atoms with van der Waals surface area (Å²) < 4.78 is 18.2. The van der Waals surface area contributed by atoms with Gasteiger partial charge in [0.2, 0.25) is 0 Å². The summed E-state index contributed by atoms with van der Waals surface area (Å²) in [7, 11) is 1.26. The van der Waals surface area contributed by atoms with Gasteiger partial charge >= 0.3 is 5.97 Å². The lowest BCUT2D eigenvalue weighted by Gasteiger charge is -2.27. The number of rotatable bonds is 3. The molecule has 0 saturated carbocycles.